The SMILES string of the molecule is Cc1nsc(NCCCOCCO)n1. The van der Waals surface area contributed by atoms with E-state index >= 15 is 0 Å². The van der Waals surface area contributed by atoms with Crippen molar-refractivity contribution in [1.82, 2.24) is 9.36 Å². The lowest BCUT2D eigenvalue weighted by Gasteiger charge is -2.02. The Kier molecular flexibility index (Phi) is 5.43. The van der Waals surface area contributed by atoms with Crippen LogP contribution in [0, 0.1) is 6.92 Å². The molecule has 0 bridgehead atoms. The molecular formula is C8H15N3O2S. The van der Waals surface area contributed by atoms with Crippen LogP contribution in [0.5, 0.6) is 0 Å². The number of ether oxygens (including phenoxy) is 1. The van der Waals surface area contributed by atoms with Crippen molar-refractivity contribution in [3.8, 4) is 0 Å². The number of aryl methyl sites for hydroxylation is 1. The zero-order chi connectivity index (χ0) is 10.2. The van der Waals surface area contributed by atoms with E-state index in [0.29, 0.717) is 13.2 Å². The summed E-state index contributed by atoms with van der Waals surface area (Å²) in [6.45, 7) is 3.85. The van der Waals surface area contributed by atoms with E-state index in [1.807, 2.05) is 6.92 Å². The second-order valence-electron chi connectivity index (χ2n) is 2.76. The van der Waals surface area contributed by atoms with E-state index in [0.717, 1.165) is 23.9 Å². The topological polar surface area (TPSA) is 67.3 Å². The van der Waals surface area contributed by atoms with Crippen LogP contribution in [0.15, 0.2) is 0 Å². The number of aliphatic hydroxyl groups is 1. The summed E-state index contributed by atoms with van der Waals surface area (Å²) in [6.07, 6.45) is 0.901. The van der Waals surface area contributed by atoms with Crippen molar-refractivity contribution in [3.63, 3.8) is 0 Å². The summed E-state index contributed by atoms with van der Waals surface area (Å²) >= 11 is 1.36. The second-order valence-corrected chi connectivity index (χ2v) is 3.51. The van der Waals surface area contributed by atoms with Gasteiger partial charge < -0.3 is 15.2 Å². The molecule has 0 spiro atoms. The number of hydrogen-bond donors (Lipinski definition) is 2. The molecule has 0 amide bonds. The minimum absolute atomic E-state index is 0.0863. The molecule has 1 heterocycles. The monoisotopic (exact) mass is 217 g/mol. The van der Waals surface area contributed by atoms with Gasteiger partial charge in [-0.1, -0.05) is 0 Å². The van der Waals surface area contributed by atoms with Crippen molar-refractivity contribution < 1.29 is 9.84 Å². The molecule has 0 saturated carbocycles. The number of anilines is 1. The molecule has 5 nitrogen and oxygen atoms in total. The quantitative estimate of drug-likeness (QED) is 0.657. The molecule has 6 heteroatoms. The molecule has 0 atom stereocenters. The van der Waals surface area contributed by atoms with E-state index in [1.54, 1.807) is 0 Å². The molecule has 0 radical (unpaired) electrons. The summed E-state index contributed by atoms with van der Waals surface area (Å²) < 4.78 is 9.15. The molecule has 1 aromatic rings. The maximum atomic E-state index is 8.45. The third kappa shape index (κ3) is 4.50. The van der Waals surface area contributed by atoms with Gasteiger partial charge in [0, 0.05) is 24.7 Å². The number of hydrogen-bond acceptors (Lipinski definition) is 6. The summed E-state index contributed by atoms with van der Waals surface area (Å²) in [6, 6.07) is 0. The van der Waals surface area contributed by atoms with Crippen LogP contribution in [0.4, 0.5) is 5.13 Å². The Morgan fingerprint density at radius 2 is 2.36 bits per heavy atom. The first-order chi connectivity index (χ1) is 6.83. The molecular weight excluding hydrogens is 202 g/mol. The zero-order valence-corrected chi connectivity index (χ0v) is 9.01. The van der Waals surface area contributed by atoms with Gasteiger partial charge in [-0.15, -0.1) is 0 Å². The minimum Gasteiger partial charge on any atom is -0.394 e. The molecule has 0 aliphatic heterocycles. The summed E-state index contributed by atoms with van der Waals surface area (Å²) in [5.41, 5.74) is 0. The molecule has 1 aromatic heterocycles. The zero-order valence-electron chi connectivity index (χ0n) is 8.19. The van der Waals surface area contributed by atoms with Gasteiger partial charge in [0.25, 0.3) is 0 Å². The van der Waals surface area contributed by atoms with Crippen LogP contribution in [0.1, 0.15) is 12.2 Å². The number of aliphatic hydroxyl groups excluding tert-OH is 1. The molecule has 0 fully saturated rings. The van der Waals surface area contributed by atoms with Gasteiger partial charge in [-0.3, -0.25) is 0 Å². The molecule has 0 aromatic carbocycles. The average Bonchev–Trinajstić information content (AvgIpc) is 2.58. The predicted molar refractivity (Wildman–Crippen MR) is 55.7 cm³/mol. The van der Waals surface area contributed by atoms with E-state index < -0.39 is 0 Å². The van der Waals surface area contributed by atoms with Gasteiger partial charge in [0.15, 0.2) is 0 Å². The molecule has 0 saturated heterocycles. The highest BCUT2D eigenvalue weighted by atomic mass is 32.1. The molecule has 2 N–H and O–H groups in total. The van der Waals surface area contributed by atoms with Crippen LogP contribution in [0.2, 0.25) is 0 Å². The Labute approximate surface area is 87.3 Å². The fourth-order valence-electron chi connectivity index (χ4n) is 0.905. The van der Waals surface area contributed by atoms with Crippen LogP contribution in [0.3, 0.4) is 0 Å². The highest BCUT2D eigenvalue weighted by Gasteiger charge is 1.97. The summed E-state index contributed by atoms with van der Waals surface area (Å²) in [7, 11) is 0. The maximum absolute atomic E-state index is 8.45. The van der Waals surface area contributed by atoms with Crippen molar-refractivity contribution in [2.75, 3.05) is 31.7 Å². The van der Waals surface area contributed by atoms with Crippen molar-refractivity contribution >= 4 is 16.7 Å². The van der Waals surface area contributed by atoms with Gasteiger partial charge >= 0.3 is 0 Å². The van der Waals surface area contributed by atoms with Crippen molar-refractivity contribution in [2.45, 2.75) is 13.3 Å². The largest absolute Gasteiger partial charge is 0.394 e. The lowest BCUT2D eigenvalue weighted by Crippen LogP contribution is -2.07. The van der Waals surface area contributed by atoms with Gasteiger partial charge in [-0.05, 0) is 13.3 Å². The Morgan fingerprint density at radius 3 is 3.00 bits per heavy atom. The molecule has 14 heavy (non-hydrogen) atoms. The Hall–Kier alpha value is -0.720. The van der Waals surface area contributed by atoms with E-state index in [9.17, 15) is 0 Å². The smallest absolute Gasteiger partial charge is 0.202 e. The summed E-state index contributed by atoms with van der Waals surface area (Å²) in [5, 5.41) is 12.4. The predicted octanol–water partition coefficient (Wildman–Crippen LogP) is 0.657. The van der Waals surface area contributed by atoms with Crippen LogP contribution in [-0.2, 0) is 4.74 Å². The maximum Gasteiger partial charge on any atom is 0.202 e. The summed E-state index contributed by atoms with van der Waals surface area (Å²) in [5.74, 6) is 0.800. The first-order valence-electron chi connectivity index (χ1n) is 4.55. The highest BCUT2D eigenvalue weighted by Crippen LogP contribution is 2.09. The first kappa shape index (κ1) is 11.4. The van der Waals surface area contributed by atoms with E-state index in [2.05, 4.69) is 14.7 Å². The Morgan fingerprint density at radius 1 is 1.50 bits per heavy atom. The third-order valence-electron chi connectivity index (χ3n) is 1.50. The number of nitrogens with one attached hydrogen (secondary N) is 1. The number of aromatic nitrogens is 2. The molecule has 80 valence electrons. The fourth-order valence-corrected chi connectivity index (χ4v) is 1.50. The van der Waals surface area contributed by atoms with Gasteiger partial charge in [-0.25, -0.2) is 4.98 Å². The first-order valence-corrected chi connectivity index (χ1v) is 5.33. The number of rotatable bonds is 7. The Balaban J connectivity index is 1.99. The van der Waals surface area contributed by atoms with E-state index in [1.165, 1.54) is 11.5 Å². The van der Waals surface area contributed by atoms with Crippen LogP contribution < -0.4 is 5.32 Å². The lowest BCUT2D eigenvalue weighted by atomic mass is 10.4. The summed E-state index contributed by atoms with van der Waals surface area (Å²) in [4.78, 5) is 4.16. The van der Waals surface area contributed by atoms with E-state index in [4.69, 9.17) is 9.84 Å². The fraction of sp³-hybridized carbons (Fsp3) is 0.750. The number of nitrogens with zero attached hydrogens (tertiary/aromatic N) is 2. The second kappa shape index (κ2) is 6.69. The molecule has 1 rings (SSSR count). The molecule has 0 aliphatic carbocycles. The normalized spacial score (nSPS) is 10.4. The lowest BCUT2D eigenvalue weighted by molar-refractivity contribution is 0.0922. The van der Waals surface area contributed by atoms with Crippen LogP contribution >= 0.6 is 11.5 Å². The molecule has 0 aliphatic rings. The van der Waals surface area contributed by atoms with Gasteiger partial charge in [-0.2, -0.15) is 4.37 Å². The minimum atomic E-state index is 0.0863. The average molecular weight is 217 g/mol. The van der Waals surface area contributed by atoms with Gasteiger partial charge in [0.1, 0.15) is 5.82 Å². The molecule has 0 unspecified atom stereocenters. The third-order valence-corrected chi connectivity index (χ3v) is 2.27. The van der Waals surface area contributed by atoms with Crippen molar-refractivity contribution in [3.05, 3.63) is 5.82 Å². The highest BCUT2D eigenvalue weighted by molar-refractivity contribution is 7.09. The van der Waals surface area contributed by atoms with Crippen LogP contribution in [-0.4, -0.2) is 40.8 Å². The van der Waals surface area contributed by atoms with E-state index in [-0.39, 0.29) is 6.61 Å². The van der Waals surface area contributed by atoms with Crippen molar-refractivity contribution in [2.24, 2.45) is 0 Å². The van der Waals surface area contributed by atoms with Crippen LogP contribution in [0.25, 0.3) is 0 Å². The van der Waals surface area contributed by atoms with Gasteiger partial charge in [0.05, 0.1) is 13.2 Å². The Bertz CT molecular complexity index is 254. The van der Waals surface area contributed by atoms with Crippen molar-refractivity contribution in [1.29, 1.82) is 0 Å². The van der Waals surface area contributed by atoms with Gasteiger partial charge in [0.2, 0.25) is 5.13 Å². The standard InChI is InChI=1S/C8H15N3O2S/c1-7-10-8(14-11-7)9-3-2-5-13-6-4-12/h12H,2-6H2,1H3,(H,9,10,11).